The summed E-state index contributed by atoms with van der Waals surface area (Å²) >= 11 is 0. The van der Waals surface area contributed by atoms with Crippen molar-refractivity contribution in [1.29, 1.82) is 0 Å². The van der Waals surface area contributed by atoms with Crippen LogP contribution in [0.5, 0.6) is 0 Å². The Kier molecular flexibility index (Phi) is 12.1. The fourth-order valence-corrected chi connectivity index (χ4v) is 10.5. The molecule has 0 N–H and O–H groups in total. The molecule has 1 fully saturated rings. The first-order valence-corrected chi connectivity index (χ1v) is 12.2. The summed E-state index contributed by atoms with van der Waals surface area (Å²) in [6, 6.07) is 0. The van der Waals surface area contributed by atoms with Crippen LogP contribution in [0.2, 0.25) is 0 Å². The molecule has 0 saturated carbocycles. The summed E-state index contributed by atoms with van der Waals surface area (Å²) in [4.78, 5) is 0. The summed E-state index contributed by atoms with van der Waals surface area (Å²) in [7, 11) is 9.93. The molecule has 0 atom stereocenters. The zero-order valence-corrected chi connectivity index (χ0v) is 13.2. The number of rotatable bonds is 0. The molecule has 0 aromatic rings. The molecule has 0 bridgehead atoms. The smallest absolute Gasteiger partial charge is 0.00454 e. The Balaban J connectivity index is 2.01. The lowest BCUT2D eigenvalue weighted by molar-refractivity contribution is 0.588. The quantitative estimate of drug-likeness (QED) is 0.470. The van der Waals surface area contributed by atoms with Crippen LogP contribution in [0.3, 0.4) is 0 Å². The molecular formula is C10H20S5. The second kappa shape index (κ2) is 12.2. The Morgan fingerprint density at radius 1 is 0.400 bits per heavy atom. The van der Waals surface area contributed by atoms with Crippen LogP contribution in [-0.2, 0) is 0 Å². The van der Waals surface area contributed by atoms with Gasteiger partial charge in [-0.1, -0.05) is 60.1 Å². The average molecular weight is 301 g/mol. The zero-order chi connectivity index (χ0) is 10.6. The van der Waals surface area contributed by atoms with Gasteiger partial charge in [0.1, 0.15) is 0 Å². The first-order chi connectivity index (χ1) is 7.50. The maximum Gasteiger partial charge on any atom is 0.00454 e. The monoisotopic (exact) mass is 300 g/mol. The minimum Gasteiger partial charge on any atom is -0.0817 e. The predicted octanol–water partition coefficient (Wildman–Crippen LogP) is 6.45. The van der Waals surface area contributed by atoms with Crippen molar-refractivity contribution in [3.05, 3.63) is 0 Å². The van der Waals surface area contributed by atoms with Crippen molar-refractivity contribution in [1.82, 2.24) is 0 Å². The van der Waals surface area contributed by atoms with Gasteiger partial charge in [-0.25, -0.2) is 0 Å². The molecule has 0 unspecified atom stereocenters. The Morgan fingerprint density at radius 2 is 0.800 bits per heavy atom. The van der Waals surface area contributed by atoms with Crippen LogP contribution >= 0.6 is 51.1 Å². The van der Waals surface area contributed by atoms with Crippen LogP contribution in [0.1, 0.15) is 51.4 Å². The van der Waals surface area contributed by atoms with E-state index in [0.717, 1.165) is 0 Å². The summed E-state index contributed by atoms with van der Waals surface area (Å²) in [5, 5.41) is 0. The van der Waals surface area contributed by atoms with E-state index in [1.807, 2.05) is 51.1 Å². The van der Waals surface area contributed by atoms with Crippen LogP contribution in [0.15, 0.2) is 0 Å². The molecule has 0 spiro atoms. The van der Waals surface area contributed by atoms with Gasteiger partial charge in [0.05, 0.1) is 0 Å². The van der Waals surface area contributed by atoms with Gasteiger partial charge in [0.25, 0.3) is 0 Å². The van der Waals surface area contributed by atoms with Gasteiger partial charge >= 0.3 is 0 Å². The van der Waals surface area contributed by atoms with E-state index in [1.54, 1.807) is 0 Å². The minimum absolute atomic E-state index is 1.34. The lowest BCUT2D eigenvalue weighted by Crippen LogP contribution is -1.83. The van der Waals surface area contributed by atoms with Crippen molar-refractivity contribution in [3.8, 4) is 0 Å². The van der Waals surface area contributed by atoms with Crippen LogP contribution in [0.4, 0.5) is 0 Å². The molecule has 1 aliphatic heterocycles. The number of hydrogen-bond acceptors (Lipinski definition) is 5. The molecule has 0 aromatic heterocycles. The van der Waals surface area contributed by atoms with E-state index in [2.05, 4.69) is 0 Å². The summed E-state index contributed by atoms with van der Waals surface area (Å²) in [5.74, 6) is 2.67. The standard InChI is InChI=1S/C10H20S5/c1-2-4-6-8-10-12-14-15-13-11-9-7-5-3-1/h1-10H2. The first kappa shape index (κ1) is 14.8. The number of hydrogen-bond donors (Lipinski definition) is 0. The Bertz CT molecular complexity index is 72.4. The van der Waals surface area contributed by atoms with E-state index in [0.29, 0.717) is 0 Å². The van der Waals surface area contributed by atoms with Crippen molar-refractivity contribution in [2.45, 2.75) is 51.4 Å². The average Bonchev–Trinajstić information content (AvgIpc) is 2.27. The Hall–Kier alpha value is 1.75. The highest BCUT2D eigenvalue weighted by Crippen LogP contribution is 2.48. The molecule has 0 nitrogen and oxygen atoms in total. The van der Waals surface area contributed by atoms with Crippen molar-refractivity contribution in [2.24, 2.45) is 0 Å². The molecule has 0 amide bonds. The third-order valence-corrected chi connectivity index (χ3v) is 11.2. The molecule has 0 radical (unpaired) electrons. The zero-order valence-electron chi connectivity index (χ0n) is 9.11. The fourth-order valence-electron chi connectivity index (χ4n) is 1.50. The van der Waals surface area contributed by atoms with Crippen LogP contribution in [-0.4, -0.2) is 11.5 Å². The molecule has 1 saturated heterocycles. The summed E-state index contributed by atoms with van der Waals surface area (Å²) in [6.07, 6.45) is 11.6. The highest BCUT2D eigenvalue weighted by atomic mass is 33.8. The van der Waals surface area contributed by atoms with E-state index in [4.69, 9.17) is 0 Å². The lowest BCUT2D eigenvalue weighted by Gasteiger charge is -2.00. The van der Waals surface area contributed by atoms with Gasteiger partial charge in [-0.3, -0.25) is 0 Å². The van der Waals surface area contributed by atoms with Gasteiger partial charge in [-0.15, -0.1) is 0 Å². The van der Waals surface area contributed by atoms with E-state index in [9.17, 15) is 0 Å². The molecule has 1 heterocycles. The largest absolute Gasteiger partial charge is 0.0817 e. The third-order valence-electron chi connectivity index (χ3n) is 2.36. The molecule has 15 heavy (non-hydrogen) atoms. The van der Waals surface area contributed by atoms with E-state index >= 15 is 0 Å². The van der Waals surface area contributed by atoms with E-state index in [1.165, 1.54) is 62.9 Å². The minimum atomic E-state index is 1.34. The first-order valence-electron chi connectivity index (χ1n) is 5.74. The van der Waals surface area contributed by atoms with Crippen LogP contribution < -0.4 is 0 Å². The van der Waals surface area contributed by atoms with Crippen LogP contribution in [0, 0.1) is 0 Å². The molecule has 1 rings (SSSR count). The second-order valence-corrected chi connectivity index (χ2v) is 11.7. The normalized spacial score (nSPS) is 24.0. The molecule has 0 aliphatic carbocycles. The van der Waals surface area contributed by atoms with Gasteiger partial charge < -0.3 is 0 Å². The van der Waals surface area contributed by atoms with Crippen molar-refractivity contribution >= 4 is 51.1 Å². The summed E-state index contributed by atoms with van der Waals surface area (Å²) < 4.78 is 0. The van der Waals surface area contributed by atoms with E-state index in [-0.39, 0.29) is 0 Å². The SMILES string of the molecule is C1CCCCCSSSSSCCCC1. The van der Waals surface area contributed by atoms with Crippen molar-refractivity contribution in [2.75, 3.05) is 11.5 Å². The topological polar surface area (TPSA) is 0 Å². The van der Waals surface area contributed by atoms with E-state index < -0.39 is 0 Å². The lowest BCUT2D eigenvalue weighted by atomic mass is 10.1. The summed E-state index contributed by atoms with van der Waals surface area (Å²) in [6.45, 7) is 0. The van der Waals surface area contributed by atoms with Gasteiger partial charge in [0.2, 0.25) is 0 Å². The van der Waals surface area contributed by atoms with Crippen LogP contribution in [0.25, 0.3) is 0 Å². The molecule has 0 aromatic carbocycles. The van der Waals surface area contributed by atoms with Gasteiger partial charge in [-0.05, 0) is 42.3 Å². The molecule has 90 valence electrons. The Labute approximate surface area is 113 Å². The summed E-state index contributed by atoms with van der Waals surface area (Å²) in [5.41, 5.74) is 0. The van der Waals surface area contributed by atoms with Crippen molar-refractivity contribution < 1.29 is 0 Å². The molecule has 5 heteroatoms. The Morgan fingerprint density at radius 3 is 1.27 bits per heavy atom. The fraction of sp³-hybridized carbons (Fsp3) is 1.00. The maximum absolute atomic E-state index is 2.03. The molecule has 1 aliphatic rings. The van der Waals surface area contributed by atoms with Gasteiger partial charge in [0, 0.05) is 11.5 Å². The maximum atomic E-state index is 2.03. The third kappa shape index (κ3) is 10.6. The highest BCUT2D eigenvalue weighted by Gasteiger charge is 1.97. The van der Waals surface area contributed by atoms with Gasteiger partial charge in [-0.2, -0.15) is 0 Å². The second-order valence-electron chi connectivity index (χ2n) is 3.68. The van der Waals surface area contributed by atoms with Crippen molar-refractivity contribution in [3.63, 3.8) is 0 Å². The highest BCUT2D eigenvalue weighted by molar-refractivity contribution is 9.35. The van der Waals surface area contributed by atoms with Gasteiger partial charge in [0.15, 0.2) is 0 Å². The molecular weight excluding hydrogens is 280 g/mol. The predicted molar refractivity (Wildman–Crippen MR) is 84.6 cm³/mol.